The number of carbonyl (C=O) groups is 1. The first-order valence-electron chi connectivity index (χ1n) is 5.36. The van der Waals surface area contributed by atoms with Gasteiger partial charge in [0.15, 0.2) is 11.6 Å². The van der Waals surface area contributed by atoms with Gasteiger partial charge in [-0.1, -0.05) is 0 Å². The Morgan fingerprint density at radius 1 is 1.32 bits per heavy atom. The van der Waals surface area contributed by atoms with Gasteiger partial charge in [0.1, 0.15) is 6.10 Å². The second-order valence-corrected chi connectivity index (χ2v) is 4.98. The van der Waals surface area contributed by atoms with E-state index >= 15 is 0 Å². The lowest BCUT2D eigenvalue weighted by Crippen LogP contribution is -2.10. The van der Waals surface area contributed by atoms with Crippen molar-refractivity contribution in [2.75, 3.05) is 0 Å². The normalized spacial score (nSPS) is 12.4. The van der Waals surface area contributed by atoms with Crippen LogP contribution in [0.3, 0.4) is 0 Å². The minimum absolute atomic E-state index is 0.156. The average Bonchev–Trinajstić information content (AvgIpc) is 2.77. The van der Waals surface area contributed by atoms with Gasteiger partial charge in [-0.3, -0.25) is 0 Å². The fourth-order valence-corrected chi connectivity index (χ4v) is 2.71. The van der Waals surface area contributed by atoms with Crippen LogP contribution in [0.4, 0.5) is 8.78 Å². The molecule has 2 aromatic rings. The highest BCUT2D eigenvalue weighted by Gasteiger charge is 2.23. The number of aromatic carboxylic acids is 1. The number of halogens is 2. The van der Waals surface area contributed by atoms with Gasteiger partial charge in [0.25, 0.3) is 0 Å². The molecule has 0 aliphatic heterocycles. The smallest absolute Gasteiger partial charge is 0.336 e. The lowest BCUT2D eigenvalue weighted by molar-refractivity contribution is 0.0690. The Hall–Kier alpha value is -1.79. The first-order chi connectivity index (χ1) is 8.91. The van der Waals surface area contributed by atoms with Gasteiger partial charge in [-0.05, 0) is 36.1 Å². The van der Waals surface area contributed by atoms with Crippen molar-refractivity contribution >= 4 is 17.3 Å². The van der Waals surface area contributed by atoms with Gasteiger partial charge < -0.3 is 10.2 Å². The summed E-state index contributed by atoms with van der Waals surface area (Å²) in [5.74, 6) is -3.85. The molecule has 1 heterocycles. The van der Waals surface area contributed by atoms with E-state index < -0.39 is 29.3 Å². The molecule has 0 spiro atoms. The molecular weight excluding hydrogens is 274 g/mol. The molecule has 2 rings (SSSR count). The van der Waals surface area contributed by atoms with E-state index in [1.165, 1.54) is 11.3 Å². The molecule has 0 saturated heterocycles. The molecule has 0 aliphatic rings. The summed E-state index contributed by atoms with van der Waals surface area (Å²) in [7, 11) is 0. The molecule has 2 N–H and O–H groups in total. The van der Waals surface area contributed by atoms with Gasteiger partial charge in [0.05, 0.1) is 5.56 Å². The van der Waals surface area contributed by atoms with Crippen LogP contribution in [0, 0.1) is 18.6 Å². The monoisotopic (exact) mass is 284 g/mol. The number of hydrogen-bond acceptors (Lipinski definition) is 3. The van der Waals surface area contributed by atoms with E-state index in [1.807, 2.05) is 0 Å². The van der Waals surface area contributed by atoms with Crippen LogP contribution in [0.1, 0.15) is 32.5 Å². The van der Waals surface area contributed by atoms with E-state index in [1.54, 1.807) is 18.4 Å². The fourth-order valence-electron chi connectivity index (χ4n) is 1.78. The van der Waals surface area contributed by atoms with Crippen molar-refractivity contribution in [1.29, 1.82) is 0 Å². The predicted molar refractivity (Wildman–Crippen MR) is 66.4 cm³/mol. The Balaban J connectivity index is 2.58. The molecular formula is C13H10F2O3S. The summed E-state index contributed by atoms with van der Waals surface area (Å²) < 4.78 is 26.3. The number of carboxylic acids is 1. The Bertz CT molecular complexity index is 637. The summed E-state index contributed by atoms with van der Waals surface area (Å²) in [4.78, 5) is 11.6. The fraction of sp³-hybridized carbons (Fsp3) is 0.154. The van der Waals surface area contributed by atoms with Crippen LogP contribution in [-0.4, -0.2) is 16.2 Å². The second-order valence-electron chi connectivity index (χ2n) is 4.03. The topological polar surface area (TPSA) is 57.5 Å². The van der Waals surface area contributed by atoms with Crippen LogP contribution in [0.15, 0.2) is 23.6 Å². The minimum Gasteiger partial charge on any atom is -0.478 e. The Kier molecular flexibility index (Phi) is 3.64. The SMILES string of the molecule is Cc1ccsc1C(O)c1cc(F)c(F)cc1C(=O)O. The van der Waals surface area contributed by atoms with Crippen molar-refractivity contribution in [3.63, 3.8) is 0 Å². The quantitative estimate of drug-likeness (QED) is 0.910. The highest BCUT2D eigenvalue weighted by atomic mass is 32.1. The number of rotatable bonds is 3. The maximum Gasteiger partial charge on any atom is 0.336 e. The molecule has 0 saturated carbocycles. The van der Waals surface area contributed by atoms with Gasteiger partial charge in [-0.25, -0.2) is 13.6 Å². The summed E-state index contributed by atoms with van der Waals surface area (Å²) in [5, 5.41) is 20.9. The summed E-state index contributed by atoms with van der Waals surface area (Å²) in [6.07, 6.45) is -1.29. The summed E-state index contributed by atoms with van der Waals surface area (Å²) in [6, 6.07) is 3.06. The van der Waals surface area contributed by atoms with Crippen LogP contribution >= 0.6 is 11.3 Å². The zero-order chi connectivity index (χ0) is 14.2. The second kappa shape index (κ2) is 5.07. The van der Waals surface area contributed by atoms with E-state index in [0.29, 0.717) is 10.9 Å². The highest BCUT2D eigenvalue weighted by Crippen LogP contribution is 2.32. The van der Waals surface area contributed by atoms with E-state index in [2.05, 4.69) is 0 Å². The molecule has 1 aromatic carbocycles. The van der Waals surface area contributed by atoms with Crippen LogP contribution in [-0.2, 0) is 0 Å². The lowest BCUT2D eigenvalue weighted by atomic mass is 9.99. The first-order valence-corrected chi connectivity index (χ1v) is 6.24. The van der Waals surface area contributed by atoms with Crippen molar-refractivity contribution in [3.8, 4) is 0 Å². The molecule has 1 aromatic heterocycles. The third-order valence-electron chi connectivity index (χ3n) is 2.77. The van der Waals surface area contributed by atoms with Gasteiger partial charge in [0.2, 0.25) is 0 Å². The van der Waals surface area contributed by atoms with E-state index in [0.717, 1.165) is 11.6 Å². The number of aliphatic hydroxyl groups excluding tert-OH is 1. The number of aliphatic hydroxyl groups is 1. The predicted octanol–water partition coefficient (Wildman–Crippen LogP) is 3.11. The Morgan fingerprint density at radius 3 is 2.47 bits per heavy atom. The maximum atomic E-state index is 13.2. The molecule has 1 unspecified atom stereocenters. The molecule has 3 nitrogen and oxygen atoms in total. The van der Waals surface area contributed by atoms with Gasteiger partial charge in [0, 0.05) is 10.4 Å². The van der Waals surface area contributed by atoms with Gasteiger partial charge >= 0.3 is 5.97 Å². The standard InChI is InChI=1S/C13H10F2O3S/c1-6-2-3-19-12(6)11(16)7-4-9(14)10(15)5-8(7)13(17)18/h2-5,11,16H,1H3,(H,17,18). The Morgan fingerprint density at radius 2 is 1.95 bits per heavy atom. The summed E-state index contributed by atoms with van der Waals surface area (Å²) in [5.41, 5.74) is 0.162. The van der Waals surface area contributed by atoms with Crippen LogP contribution in [0.25, 0.3) is 0 Å². The summed E-state index contributed by atoms with van der Waals surface area (Å²) in [6.45, 7) is 1.75. The average molecular weight is 284 g/mol. The zero-order valence-electron chi connectivity index (χ0n) is 9.85. The zero-order valence-corrected chi connectivity index (χ0v) is 10.7. The number of benzene rings is 1. The number of thiophene rings is 1. The van der Waals surface area contributed by atoms with Gasteiger partial charge in [-0.15, -0.1) is 11.3 Å². The van der Waals surface area contributed by atoms with E-state index in [9.17, 15) is 18.7 Å². The molecule has 0 fully saturated rings. The van der Waals surface area contributed by atoms with Crippen molar-refractivity contribution in [2.45, 2.75) is 13.0 Å². The lowest BCUT2D eigenvalue weighted by Gasteiger charge is -2.14. The Labute approximate surface area is 111 Å². The van der Waals surface area contributed by atoms with Crippen molar-refractivity contribution in [3.05, 3.63) is 56.8 Å². The highest BCUT2D eigenvalue weighted by molar-refractivity contribution is 7.10. The number of hydrogen-bond donors (Lipinski definition) is 2. The molecule has 0 aliphatic carbocycles. The number of carboxylic acid groups (broad SMARTS) is 1. The van der Waals surface area contributed by atoms with Crippen molar-refractivity contribution in [1.82, 2.24) is 0 Å². The molecule has 19 heavy (non-hydrogen) atoms. The molecule has 100 valence electrons. The molecule has 0 bridgehead atoms. The largest absolute Gasteiger partial charge is 0.478 e. The number of aryl methyl sites for hydroxylation is 1. The van der Waals surface area contributed by atoms with Crippen molar-refractivity contribution < 1.29 is 23.8 Å². The third-order valence-corrected chi connectivity index (χ3v) is 3.84. The van der Waals surface area contributed by atoms with Gasteiger partial charge in [-0.2, -0.15) is 0 Å². The van der Waals surface area contributed by atoms with Crippen LogP contribution in [0.5, 0.6) is 0 Å². The third kappa shape index (κ3) is 2.50. The molecule has 0 radical (unpaired) electrons. The van der Waals surface area contributed by atoms with Crippen LogP contribution in [0.2, 0.25) is 0 Å². The molecule has 0 amide bonds. The maximum absolute atomic E-state index is 13.2. The summed E-state index contributed by atoms with van der Waals surface area (Å²) >= 11 is 1.22. The van der Waals surface area contributed by atoms with E-state index in [4.69, 9.17) is 5.11 Å². The van der Waals surface area contributed by atoms with E-state index in [-0.39, 0.29) is 5.56 Å². The minimum atomic E-state index is -1.41. The van der Waals surface area contributed by atoms with Crippen LogP contribution < -0.4 is 0 Å². The molecule has 1 atom stereocenters. The first kappa shape index (κ1) is 13.6. The molecule has 6 heteroatoms. The van der Waals surface area contributed by atoms with Crippen molar-refractivity contribution in [2.24, 2.45) is 0 Å².